The summed E-state index contributed by atoms with van der Waals surface area (Å²) in [5.74, 6) is 1.87. The molecule has 1 rings (SSSR count). The average molecular weight is 178 g/mol. The first-order valence-electron chi connectivity index (χ1n) is 3.99. The van der Waals surface area contributed by atoms with Crippen molar-refractivity contribution in [1.29, 1.82) is 0 Å². The van der Waals surface area contributed by atoms with Gasteiger partial charge in [-0.1, -0.05) is 24.1 Å². The molecule has 1 atom stereocenters. The van der Waals surface area contributed by atoms with Gasteiger partial charge < -0.3 is 5.11 Å². The van der Waals surface area contributed by atoms with E-state index >= 15 is 0 Å². The van der Waals surface area contributed by atoms with Gasteiger partial charge in [0.25, 0.3) is 0 Å². The largest absolute Gasteiger partial charge is 0.378 e. The first-order valence-corrected chi connectivity index (χ1v) is 3.99. The summed E-state index contributed by atoms with van der Waals surface area (Å²) in [6.45, 7) is 1.49. The molecule has 1 aromatic carbocycles. The van der Waals surface area contributed by atoms with E-state index in [4.69, 9.17) is 6.42 Å². The Morgan fingerprint density at radius 3 is 2.69 bits per heavy atom. The Balaban J connectivity index is 2.88. The molecule has 1 unspecified atom stereocenters. The van der Waals surface area contributed by atoms with Gasteiger partial charge >= 0.3 is 0 Å². The molecule has 0 amide bonds. The Morgan fingerprint density at radius 2 is 2.15 bits per heavy atom. The van der Waals surface area contributed by atoms with Gasteiger partial charge in [-0.2, -0.15) is 0 Å². The molecule has 0 radical (unpaired) electrons. The second kappa shape index (κ2) is 3.59. The minimum atomic E-state index is -1.28. The Bertz CT molecular complexity index is 336. The van der Waals surface area contributed by atoms with Gasteiger partial charge in [0.05, 0.1) is 0 Å². The van der Waals surface area contributed by atoms with Crippen LogP contribution >= 0.6 is 0 Å². The van der Waals surface area contributed by atoms with E-state index in [-0.39, 0.29) is 12.2 Å². The van der Waals surface area contributed by atoms with E-state index in [0.717, 1.165) is 0 Å². The van der Waals surface area contributed by atoms with Crippen molar-refractivity contribution < 1.29 is 9.50 Å². The minimum Gasteiger partial charge on any atom is -0.378 e. The molecule has 1 nitrogen and oxygen atoms in total. The van der Waals surface area contributed by atoms with Crippen LogP contribution < -0.4 is 0 Å². The zero-order valence-electron chi connectivity index (χ0n) is 7.42. The van der Waals surface area contributed by atoms with Crippen LogP contribution in [0.2, 0.25) is 0 Å². The highest BCUT2D eigenvalue weighted by Crippen LogP contribution is 2.14. The van der Waals surface area contributed by atoms with Crippen molar-refractivity contribution in [3.63, 3.8) is 0 Å². The summed E-state index contributed by atoms with van der Waals surface area (Å²) in [6, 6.07) is 6.28. The third kappa shape index (κ3) is 2.57. The van der Waals surface area contributed by atoms with Crippen molar-refractivity contribution in [3.8, 4) is 12.3 Å². The van der Waals surface area contributed by atoms with Gasteiger partial charge in [0.2, 0.25) is 0 Å². The topological polar surface area (TPSA) is 20.2 Å². The molecule has 0 aliphatic heterocycles. The number of terminal acetylenes is 1. The van der Waals surface area contributed by atoms with Crippen molar-refractivity contribution in [2.45, 2.75) is 18.9 Å². The monoisotopic (exact) mass is 178 g/mol. The molecule has 2 heteroatoms. The summed E-state index contributed by atoms with van der Waals surface area (Å²) in [6.07, 6.45) is 5.22. The summed E-state index contributed by atoms with van der Waals surface area (Å²) in [5, 5.41) is 9.50. The van der Waals surface area contributed by atoms with Crippen LogP contribution in [0.25, 0.3) is 0 Å². The molecule has 0 heterocycles. The summed E-state index contributed by atoms with van der Waals surface area (Å²) in [4.78, 5) is 0. The molecule has 0 bridgehead atoms. The Labute approximate surface area is 77.2 Å². The molecule has 0 spiro atoms. The number of benzene rings is 1. The molecular weight excluding hydrogens is 167 g/mol. The SMILES string of the molecule is C#CC(C)(O)Cc1ccccc1F. The van der Waals surface area contributed by atoms with Crippen LogP contribution in [0.15, 0.2) is 24.3 Å². The quantitative estimate of drug-likeness (QED) is 0.684. The number of hydrogen-bond acceptors (Lipinski definition) is 1. The standard InChI is InChI=1S/C11H11FO/c1-3-11(2,13)8-9-6-4-5-7-10(9)12/h1,4-7,13H,8H2,2H3. The zero-order chi connectivity index (χ0) is 9.90. The highest BCUT2D eigenvalue weighted by Gasteiger charge is 2.18. The molecular formula is C11H11FO. The van der Waals surface area contributed by atoms with Crippen LogP contribution in [0, 0.1) is 18.2 Å². The lowest BCUT2D eigenvalue weighted by Crippen LogP contribution is -2.24. The Hall–Kier alpha value is -1.33. The van der Waals surface area contributed by atoms with Crippen LogP contribution in [0.5, 0.6) is 0 Å². The van der Waals surface area contributed by atoms with Crippen LogP contribution in [-0.2, 0) is 6.42 Å². The van der Waals surface area contributed by atoms with E-state index in [1.54, 1.807) is 18.2 Å². The fourth-order valence-corrected chi connectivity index (χ4v) is 1.06. The van der Waals surface area contributed by atoms with E-state index in [0.29, 0.717) is 5.56 Å². The van der Waals surface area contributed by atoms with Crippen LogP contribution in [0.4, 0.5) is 4.39 Å². The highest BCUT2D eigenvalue weighted by atomic mass is 19.1. The van der Waals surface area contributed by atoms with E-state index in [9.17, 15) is 9.50 Å². The Morgan fingerprint density at radius 1 is 1.54 bits per heavy atom. The molecule has 0 saturated heterocycles. The van der Waals surface area contributed by atoms with E-state index < -0.39 is 5.60 Å². The van der Waals surface area contributed by atoms with E-state index in [2.05, 4.69) is 5.92 Å². The summed E-state index contributed by atoms with van der Waals surface area (Å²) >= 11 is 0. The molecule has 0 aliphatic carbocycles. The first kappa shape index (κ1) is 9.76. The lowest BCUT2D eigenvalue weighted by molar-refractivity contribution is 0.122. The minimum absolute atomic E-state index is 0.135. The molecule has 0 aromatic heterocycles. The fourth-order valence-electron chi connectivity index (χ4n) is 1.06. The van der Waals surface area contributed by atoms with Gasteiger partial charge in [-0.25, -0.2) is 4.39 Å². The van der Waals surface area contributed by atoms with Crippen molar-refractivity contribution in [3.05, 3.63) is 35.6 Å². The molecule has 68 valence electrons. The Kier molecular flexibility index (Phi) is 2.69. The molecule has 0 aliphatic rings. The number of halogens is 1. The smallest absolute Gasteiger partial charge is 0.126 e. The highest BCUT2D eigenvalue weighted by molar-refractivity contribution is 5.22. The van der Waals surface area contributed by atoms with Crippen LogP contribution in [-0.4, -0.2) is 10.7 Å². The summed E-state index contributed by atoms with van der Waals surface area (Å²) in [7, 11) is 0. The summed E-state index contributed by atoms with van der Waals surface area (Å²) < 4.78 is 13.1. The maximum absolute atomic E-state index is 13.1. The average Bonchev–Trinajstić information content (AvgIpc) is 2.09. The lowest BCUT2D eigenvalue weighted by Gasteiger charge is -2.16. The van der Waals surface area contributed by atoms with Crippen LogP contribution in [0.1, 0.15) is 12.5 Å². The van der Waals surface area contributed by atoms with Gasteiger partial charge in [-0.05, 0) is 18.6 Å². The predicted molar refractivity (Wildman–Crippen MR) is 49.6 cm³/mol. The molecule has 13 heavy (non-hydrogen) atoms. The fraction of sp³-hybridized carbons (Fsp3) is 0.273. The maximum Gasteiger partial charge on any atom is 0.126 e. The second-order valence-electron chi connectivity index (χ2n) is 3.19. The molecule has 0 fully saturated rings. The van der Waals surface area contributed by atoms with E-state index in [1.165, 1.54) is 13.0 Å². The van der Waals surface area contributed by atoms with Crippen LogP contribution in [0.3, 0.4) is 0 Å². The van der Waals surface area contributed by atoms with Crippen molar-refractivity contribution in [2.24, 2.45) is 0 Å². The number of aliphatic hydroxyl groups is 1. The van der Waals surface area contributed by atoms with Crippen molar-refractivity contribution in [1.82, 2.24) is 0 Å². The van der Waals surface area contributed by atoms with Gasteiger partial charge in [-0.15, -0.1) is 6.42 Å². The number of rotatable bonds is 2. The van der Waals surface area contributed by atoms with E-state index in [1.807, 2.05) is 0 Å². The lowest BCUT2D eigenvalue weighted by atomic mass is 9.97. The van der Waals surface area contributed by atoms with Gasteiger partial charge in [-0.3, -0.25) is 0 Å². The second-order valence-corrected chi connectivity index (χ2v) is 3.19. The van der Waals surface area contributed by atoms with Crippen molar-refractivity contribution >= 4 is 0 Å². The number of hydrogen-bond donors (Lipinski definition) is 1. The first-order chi connectivity index (χ1) is 6.05. The third-order valence-electron chi connectivity index (χ3n) is 1.80. The molecule has 1 aromatic rings. The maximum atomic E-state index is 13.1. The normalized spacial score (nSPS) is 14.6. The third-order valence-corrected chi connectivity index (χ3v) is 1.80. The molecule has 1 N–H and O–H groups in total. The van der Waals surface area contributed by atoms with Gasteiger partial charge in [0.1, 0.15) is 11.4 Å². The van der Waals surface area contributed by atoms with Gasteiger partial charge in [0.15, 0.2) is 0 Å². The van der Waals surface area contributed by atoms with Gasteiger partial charge in [0, 0.05) is 6.42 Å². The predicted octanol–water partition coefficient (Wildman–Crippen LogP) is 1.75. The molecule has 0 saturated carbocycles. The summed E-state index contributed by atoms with van der Waals surface area (Å²) in [5.41, 5.74) is -0.840. The van der Waals surface area contributed by atoms with Crippen molar-refractivity contribution in [2.75, 3.05) is 0 Å². The zero-order valence-corrected chi connectivity index (χ0v) is 7.42.